The average Bonchev–Trinajstić information content (AvgIpc) is 2.48. The summed E-state index contributed by atoms with van der Waals surface area (Å²) in [7, 11) is 0. The molecule has 0 aliphatic carbocycles. The lowest BCUT2D eigenvalue weighted by Crippen LogP contribution is -2.15. The third-order valence-electron chi connectivity index (χ3n) is 3.85. The topological polar surface area (TPSA) is 46.2 Å². The van der Waals surface area contributed by atoms with E-state index in [1.54, 1.807) is 6.07 Å². The van der Waals surface area contributed by atoms with Gasteiger partial charge in [0, 0.05) is 5.92 Å². The number of phenolic OH excluding ortho intramolecular Hbond substituents is 1. The quantitative estimate of drug-likeness (QED) is 0.857. The van der Waals surface area contributed by atoms with Gasteiger partial charge in [0.05, 0.1) is 5.02 Å². The predicted molar refractivity (Wildman–Crippen MR) is 89.1 cm³/mol. The van der Waals surface area contributed by atoms with Crippen LogP contribution in [0.5, 0.6) is 5.75 Å². The highest BCUT2D eigenvalue weighted by atomic mass is 35.5. The Hall–Kier alpha value is -1.51. The minimum absolute atomic E-state index is 0.117. The highest BCUT2D eigenvalue weighted by Crippen LogP contribution is 2.27. The summed E-state index contributed by atoms with van der Waals surface area (Å²) in [5, 5.41) is 9.87. The van der Waals surface area contributed by atoms with Crippen molar-refractivity contribution in [3.63, 3.8) is 0 Å². The van der Waals surface area contributed by atoms with Crippen molar-refractivity contribution in [1.82, 2.24) is 0 Å². The summed E-state index contributed by atoms with van der Waals surface area (Å²) in [5.41, 5.74) is 9.60. The van der Waals surface area contributed by atoms with E-state index in [9.17, 15) is 5.11 Å². The van der Waals surface area contributed by atoms with E-state index in [-0.39, 0.29) is 11.7 Å². The SMILES string of the molecule is CC(C)c1ccc(C(CN)Cc2ccc(O)c(Cl)c2)cc1. The Labute approximate surface area is 131 Å². The molecule has 21 heavy (non-hydrogen) atoms. The van der Waals surface area contributed by atoms with E-state index in [1.807, 2.05) is 12.1 Å². The number of rotatable bonds is 5. The molecule has 2 aromatic carbocycles. The Balaban J connectivity index is 2.17. The number of benzene rings is 2. The molecular formula is C18H22ClNO. The van der Waals surface area contributed by atoms with Crippen molar-refractivity contribution in [3.8, 4) is 5.75 Å². The van der Waals surface area contributed by atoms with Gasteiger partial charge in [0.1, 0.15) is 5.75 Å². The molecule has 3 heteroatoms. The lowest BCUT2D eigenvalue weighted by Gasteiger charge is -2.17. The van der Waals surface area contributed by atoms with Crippen LogP contribution in [0.4, 0.5) is 0 Å². The zero-order valence-corrected chi connectivity index (χ0v) is 13.3. The summed E-state index contributed by atoms with van der Waals surface area (Å²) in [6, 6.07) is 14.0. The minimum atomic E-state index is 0.117. The first-order valence-electron chi connectivity index (χ1n) is 7.28. The van der Waals surface area contributed by atoms with Crippen molar-refractivity contribution in [3.05, 3.63) is 64.2 Å². The average molecular weight is 304 g/mol. The fourth-order valence-electron chi connectivity index (χ4n) is 2.45. The van der Waals surface area contributed by atoms with Crippen molar-refractivity contribution < 1.29 is 5.11 Å². The Bertz CT molecular complexity index is 593. The van der Waals surface area contributed by atoms with E-state index >= 15 is 0 Å². The molecule has 0 saturated carbocycles. The second-order valence-corrected chi connectivity index (χ2v) is 6.15. The molecule has 0 amide bonds. The van der Waals surface area contributed by atoms with Crippen LogP contribution < -0.4 is 5.73 Å². The fraction of sp³-hybridized carbons (Fsp3) is 0.333. The monoisotopic (exact) mass is 303 g/mol. The van der Waals surface area contributed by atoms with E-state index in [4.69, 9.17) is 17.3 Å². The predicted octanol–water partition coefficient (Wildman–Crippen LogP) is 4.45. The smallest absolute Gasteiger partial charge is 0.134 e. The fourth-order valence-corrected chi connectivity index (χ4v) is 2.66. The zero-order chi connectivity index (χ0) is 15.4. The maximum atomic E-state index is 9.48. The van der Waals surface area contributed by atoms with Gasteiger partial charge in [-0.1, -0.05) is 55.8 Å². The maximum Gasteiger partial charge on any atom is 0.134 e. The highest BCUT2D eigenvalue weighted by molar-refractivity contribution is 6.32. The van der Waals surface area contributed by atoms with E-state index in [1.165, 1.54) is 11.1 Å². The van der Waals surface area contributed by atoms with Crippen LogP contribution in [0.25, 0.3) is 0 Å². The molecule has 0 fully saturated rings. The lowest BCUT2D eigenvalue weighted by atomic mass is 9.90. The summed E-state index contributed by atoms with van der Waals surface area (Å²) >= 11 is 5.96. The van der Waals surface area contributed by atoms with Crippen LogP contribution >= 0.6 is 11.6 Å². The number of halogens is 1. The van der Waals surface area contributed by atoms with Crippen LogP contribution in [0, 0.1) is 0 Å². The molecule has 0 heterocycles. The molecule has 0 aliphatic heterocycles. The number of hydrogen-bond acceptors (Lipinski definition) is 2. The van der Waals surface area contributed by atoms with E-state index in [2.05, 4.69) is 38.1 Å². The molecule has 0 radical (unpaired) electrons. The van der Waals surface area contributed by atoms with Gasteiger partial charge < -0.3 is 10.8 Å². The first-order valence-corrected chi connectivity index (χ1v) is 7.66. The molecule has 112 valence electrons. The first-order chi connectivity index (χ1) is 10.0. The van der Waals surface area contributed by atoms with Crippen molar-refractivity contribution in [2.75, 3.05) is 6.54 Å². The van der Waals surface area contributed by atoms with Crippen LogP contribution in [0.15, 0.2) is 42.5 Å². The van der Waals surface area contributed by atoms with Gasteiger partial charge in [-0.25, -0.2) is 0 Å². The first kappa shape index (κ1) is 15.9. The van der Waals surface area contributed by atoms with Crippen LogP contribution in [0.1, 0.15) is 42.4 Å². The summed E-state index contributed by atoms with van der Waals surface area (Å²) in [4.78, 5) is 0. The van der Waals surface area contributed by atoms with Gasteiger partial charge in [0.2, 0.25) is 0 Å². The van der Waals surface area contributed by atoms with Gasteiger partial charge in [-0.3, -0.25) is 0 Å². The van der Waals surface area contributed by atoms with Crippen LogP contribution in [0.2, 0.25) is 5.02 Å². The molecule has 2 nitrogen and oxygen atoms in total. The summed E-state index contributed by atoms with van der Waals surface area (Å²) in [6.07, 6.45) is 0.817. The molecule has 0 saturated heterocycles. The lowest BCUT2D eigenvalue weighted by molar-refractivity contribution is 0.475. The van der Waals surface area contributed by atoms with Gasteiger partial charge in [0.15, 0.2) is 0 Å². The molecule has 1 atom stereocenters. The highest BCUT2D eigenvalue weighted by Gasteiger charge is 2.12. The third kappa shape index (κ3) is 3.99. The summed E-state index contributed by atoms with van der Waals surface area (Å²) in [5.74, 6) is 0.907. The van der Waals surface area contributed by atoms with Crippen molar-refractivity contribution in [2.45, 2.75) is 32.1 Å². The second kappa shape index (κ2) is 6.97. The Kier molecular flexibility index (Phi) is 5.27. The number of hydrogen-bond donors (Lipinski definition) is 2. The van der Waals surface area contributed by atoms with Gasteiger partial charge in [-0.2, -0.15) is 0 Å². The standard InChI is InChI=1S/C18H22ClNO/c1-12(2)14-4-6-15(7-5-14)16(11-20)9-13-3-8-18(21)17(19)10-13/h3-8,10,12,16,21H,9,11,20H2,1-2H3. The normalized spacial score (nSPS) is 12.6. The molecule has 1 unspecified atom stereocenters. The van der Waals surface area contributed by atoms with Gasteiger partial charge >= 0.3 is 0 Å². The number of aromatic hydroxyl groups is 1. The Morgan fingerprint density at radius 2 is 1.67 bits per heavy atom. The van der Waals surface area contributed by atoms with Crippen LogP contribution in [-0.2, 0) is 6.42 Å². The third-order valence-corrected chi connectivity index (χ3v) is 4.16. The maximum absolute atomic E-state index is 9.48. The molecule has 2 aromatic rings. The molecule has 0 aromatic heterocycles. The molecule has 0 bridgehead atoms. The van der Waals surface area contributed by atoms with Gasteiger partial charge in [-0.05, 0) is 47.7 Å². The molecular weight excluding hydrogens is 282 g/mol. The van der Waals surface area contributed by atoms with Crippen LogP contribution in [-0.4, -0.2) is 11.7 Å². The Morgan fingerprint density at radius 3 is 2.19 bits per heavy atom. The minimum Gasteiger partial charge on any atom is -0.506 e. The number of nitrogens with two attached hydrogens (primary N) is 1. The summed E-state index contributed by atoms with van der Waals surface area (Å²) in [6.45, 7) is 4.96. The van der Waals surface area contributed by atoms with Crippen molar-refractivity contribution in [1.29, 1.82) is 0 Å². The van der Waals surface area contributed by atoms with E-state index in [0.717, 1.165) is 12.0 Å². The van der Waals surface area contributed by atoms with E-state index in [0.29, 0.717) is 17.5 Å². The van der Waals surface area contributed by atoms with Crippen molar-refractivity contribution >= 4 is 11.6 Å². The zero-order valence-electron chi connectivity index (χ0n) is 12.5. The molecule has 0 spiro atoms. The Morgan fingerprint density at radius 1 is 1.05 bits per heavy atom. The molecule has 0 aliphatic rings. The summed E-state index contributed by atoms with van der Waals surface area (Å²) < 4.78 is 0. The number of phenols is 1. The molecule has 3 N–H and O–H groups in total. The van der Waals surface area contributed by atoms with Crippen molar-refractivity contribution in [2.24, 2.45) is 5.73 Å². The molecule has 2 rings (SSSR count). The van der Waals surface area contributed by atoms with Gasteiger partial charge in [-0.15, -0.1) is 0 Å². The van der Waals surface area contributed by atoms with Crippen LogP contribution in [0.3, 0.4) is 0 Å². The van der Waals surface area contributed by atoms with E-state index < -0.39 is 0 Å². The van der Waals surface area contributed by atoms with Gasteiger partial charge in [0.25, 0.3) is 0 Å². The second-order valence-electron chi connectivity index (χ2n) is 5.74. The largest absolute Gasteiger partial charge is 0.506 e.